The first-order chi connectivity index (χ1) is 9.63. The van der Waals surface area contributed by atoms with Crippen molar-refractivity contribution in [1.82, 2.24) is 5.32 Å². The molecule has 20 heavy (non-hydrogen) atoms. The van der Waals surface area contributed by atoms with Gasteiger partial charge in [0.2, 0.25) is 0 Å². The van der Waals surface area contributed by atoms with E-state index in [1.54, 1.807) is 12.1 Å². The predicted octanol–water partition coefficient (Wildman–Crippen LogP) is 1.95. The average molecular weight is 280 g/mol. The van der Waals surface area contributed by atoms with E-state index in [1.807, 2.05) is 11.8 Å². The molecule has 0 aromatic heterocycles. The van der Waals surface area contributed by atoms with E-state index < -0.39 is 0 Å². The SMILES string of the molecule is CCN(CC(NC1CC1)C(=O)OC)c1ccc(F)cc1. The maximum Gasteiger partial charge on any atom is 0.324 e. The Morgan fingerprint density at radius 1 is 1.45 bits per heavy atom. The highest BCUT2D eigenvalue weighted by molar-refractivity contribution is 5.76. The second-order valence-electron chi connectivity index (χ2n) is 5.03. The summed E-state index contributed by atoms with van der Waals surface area (Å²) in [5.41, 5.74) is 0.903. The summed E-state index contributed by atoms with van der Waals surface area (Å²) in [5.74, 6) is -0.511. The van der Waals surface area contributed by atoms with Gasteiger partial charge in [-0.25, -0.2) is 4.39 Å². The van der Waals surface area contributed by atoms with E-state index in [-0.39, 0.29) is 17.8 Å². The van der Waals surface area contributed by atoms with Gasteiger partial charge in [-0.05, 0) is 44.0 Å². The lowest BCUT2D eigenvalue weighted by Gasteiger charge is -2.27. The number of hydrogen-bond acceptors (Lipinski definition) is 4. The number of carbonyl (C=O) groups excluding carboxylic acids is 1. The maximum absolute atomic E-state index is 13.0. The Labute approximate surface area is 118 Å². The van der Waals surface area contributed by atoms with E-state index in [1.165, 1.54) is 19.2 Å². The monoisotopic (exact) mass is 280 g/mol. The predicted molar refractivity (Wildman–Crippen MR) is 76.2 cm³/mol. The summed E-state index contributed by atoms with van der Waals surface area (Å²) in [4.78, 5) is 13.9. The van der Waals surface area contributed by atoms with E-state index in [2.05, 4.69) is 5.32 Å². The van der Waals surface area contributed by atoms with E-state index in [0.29, 0.717) is 12.6 Å². The lowest BCUT2D eigenvalue weighted by atomic mass is 10.2. The molecule has 1 atom stereocenters. The van der Waals surface area contributed by atoms with Crippen molar-refractivity contribution in [3.05, 3.63) is 30.1 Å². The van der Waals surface area contributed by atoms with Gasteiger partial charge in [0.05, 0.1) is 7.11 Å². The van der Waals surface area contributed by atoms with Crippen LogP contribution < -0.4 is 10.2 Å². The number of likely N-dealkylation sites (N-methyl/N-ethyl adjacent to an activating group) is 1. The Morgan fingerprint density at radius 2 is 2.10 bits per heavy atom. The number of nitrogens with zero attached hydrogens (tertiary/aromatic N) is 1. The first kappa shape index (κ1) is 14.8. The average Bonchev–Trinajstić information content (AvgIpc) is 3.27. The van der Waals surface area contributed by atoms with Crippen molar-refractivity contribution in [2.45, 2.75) is 31.8 Å². The Bertz CT molecular complexity index is 446. The van der Waals surface area contributed by atoms with Gasteiger partial charge in [0.1, 0.15) is 11.9 Å². The second-order valence-corrected chi connectivity index (χ2v) is 5.03. The molecule has 0 radical (unpaired) electrons. The fraction of sp³-hybridized carbons (Fsp3) is 0.533. The number of rotatable bonds is 7. The van der Waals surface area contributed by atoms with Crippen molar-refractivity contribution < 1.29 is 13.9 Å². The van der Waals surface area contributed by atoms with Crippen LogP contribution in [0.5, 0.6) is 0 Å². The summed E-state index contributed by atoms with van der Waals surface area (Å²) < 4.78 is 17.8. The molecule has 1 N–H and O–H groups in total. The minimum absolute atomic E-state index is 0.252. The smallest absolute Gasteiger partial charge is 0.324 e. The van der Waals surface area contributed by atoms with Gasteiger partial charge in [0.25, 0.3) is 0 Å². The number of halogens is 1. The highest BCUT2D eigenvalue weighted by Gasteiger charge is 2.30. The molecule has 0 amide bonds. The number of esters is 1. The van der Waals surface area contributed by atoms with Crippen LogP contribution in [0.15, 0.2) is 24.3 Å². The number of carbonyl (C=O) groups is 1. The highest BCUT2D eigenvalue weighted by atomic mass is 19.1. The summed E-state index contributed by atoms with van der Waals surface area (Å²) in [6.07, 6.45) is 2.21. The van der Waals surface area contributed by atoms with Crippen molar-refractivity contribution >= 4 is 11.7 Å². The minimum Gasteiger partial charge on any atom is -0.468 e. The van der Waals surface area contributed by atoms with Gasteiger partial charge in [-0.1, -0.05) is 0 Å². The molecule has 0 heterocycles. The highest BCUT2D eigenvalue weighted by Crippen LogP contribution is 2.21. The number of ether oxygens (including phenoxy) is 1. The van der Waals surface area contributed by atoms with Crippen LogP contribution >= 0.6 is 0 Å². The van der Waals surface area contributed by atoms with Crippen LogP contribution in [-0.4, -0.2) is 38.3 Å². The Kier molecular flexibility index (Phi) is 4.95. The normalized spacial score (nSPS) is 15.8. The summed E-state index contributed by atoms with van der Waals surface area (Å²) in [5, 5.41) is 3.30. The van der Waals surface area contributed by atoms with Crippen molar-refractivity contribution in [2.24, 2.45) is 0 Å². The summed E-state index contributed by atoms with van der Waals surface area (Å²) in [6, 6.07) is 6.39. The van der Waals surface area contributed by atoms with E-state index in [0.717, 1.165) is 25.1 Å². The van der Waals surface area contributed by atoms with Crippen LogP contribution in [0, 0.1) is 5.82 Å². The van der Waals surface area contributed by atoms with Crippen molar-refractivity contribution in [1.29, 1.82) is 0 Å². The third-order valence-corrected chi connectivity index (χ3v) is 3.48. The number of anilines is 1. The maximum atomic E-state index is 13.0. The van der Waals surface area contributed by atoms with Crippen LogP contribution in [0.2, 0.25) is 0 Å². The molecule has 1 unspecified atom stereocenters. The molecule has 1 aliphatic rings. The minimum atomic E-state index is -0.350. The molecular formula is C15H21FN2O2. The molecule has 2 rings (SSSR count). The Balaban J connectivity index is 2.04. The lowest BCUT2D eigenvalue weighted by Crippen LogP contribution is -2.47. The second kappa shape index (κ2) is 6.70. The molecule has 110 valence electrons. The van der Waals surface area contributed by atoms with E-state index in [4.69, 9.17) is 4.74 Å². The van der Waals surface area contributed by atoms with Gasteiger partial charge >= 0.3 is 5.97 Å². The summed E-state index contributed by atoms with van der Waals surface area (Å²) in [6.45, 7) is 3.27. The van der Waals surface area contributed by atoms with Gasteiger partial charge in [-0.15, -0.1) is 0 Å². The fourth-order valence-corrected chi connectivity index (χ4v) is 2.16. The molecular weight excluding hydrogens is 259 g/mol. The number of benzene rings is 1. The number of nitrogens with one attached hydrogen (secondary N) is 1. The van der Waals surface area contributed by atoms with Crippen LogP contribution in [0.1, 0.15) is 19.8 Å². The standard InChI is InChI=1S/C15H21FN2O2/c1-3-18(13-8-4-11(16)5-9-13)10-14(15(19)20-2)17-12-6-7-12/h4-5,8-9,12,14,17H,3,6-7,10H2,1-2H3. The van der Waals surface area contributed by atoms with Crippen molar-refractivity contribution in [3.63, 3.8) is 0 Å². The van der Waals surface area contributed by atoms with Crippen LogP contribution in [0.25, 0.3) is 0 Å². The van der Waals surface area contributed by atoms with Gasteiger partial charge in [-0.3, -0.25) is 4.79 Å². The Hall–Kier alpha value is -1.62. The molecule has 0 aliphatic heterocycles. The lowest BCUT2D eigenvalue weighted by molar-refractivity contribution is -0.142. The third kappa shape index (κ3) is 3.93. The van der Waals surface area contributed by atoms with Crippen LogP contribution in [0.3, 0.4) is 0 Å². The molecule has 0 saturated heterocycles. The molecule has 1 saturated carbocycles. The van der Waals surface area contributed by atoms with E-state index in [9.17, 15) is 9.18 Å². The molecule has 1 aliphatic carbocycles. The van der Waals surface area contributed by atoms with Gasteiger partial charge in [-0.2, -0.15) is 0 Å². The van der Waals surface area contributed by atoms with Crippen LogP contribution in [0.4, 0.5) is 10.1 Å². The zero-order valence-electron chi connectivity index (χ0n) is 11.9. The van der Waals surface area contributed by atoms with Gasteiger partial charge < -0.3 is 15.0 Å². The number of hydrogen-bond donors (Lipinski definition) is 1. The molecule has 5 heteroatoms. The molecule has 0 bridgehead atoms. The Morgan fingerprint density at radius 3 is 2.60 bits per heavy atom. The molecule has 1 fully saturated rings. The molecule has 0 spiro atoms. The van der Waals surface area contributed by atoms with Crippen molar-refractivity contribution in [2.75, 3.05) is 25.1 Å². The zero-order valence-corrected chi connectivity index (χ0v) is 11.9. The first-order valence-electron chi connectivity index (χ1n) is 6.98. The fourth-order valence-electron chi connectivity index (χ4n) is 2.16. The largest absolute Gasteiger partial charge is 0.468 e. The summed E-state index contributed by atoms with van der Waals surface area (Å²) in [7, 11) is 1.40. The van der Waals surface area contributed by atoms with Crippen molar-refractivity contribution in [3.8, 4) is 0 Å². The van der Waals surface area contributed by atoms with Gasteiger partial charge in [0, 0.05) is 24.8 Å². The van der Waals surface area contributed by atoms with E-state index >= 15 is 0 Å². The quantitative estimate of drug-likeness (QED) is 0.775. The zero-order chi connectivity index (χ0) is 14.5. The number of methoxy groups -OCH3 is 1. The molecule has 1 aromatic rings. The third-order valence-electron chi connectivity index (χ3n) is 3.48. The summed E-state index contributed by atoms with van der Waals surface area (Å²) >= 11 is 0. The molecule has 4 nitrogen and oxygen atoms in total. The van der Waals surface area contributed by atoms with Crippen LogP contribution in [-0.2, 0) is 9.53 Å². The first-order valence-corrected chi connectivity index (χ1v) is 6.98. The molecule has 1 aromatic carbocycles. The van der Waals surface area contributed by atoms with Gasteiger partial charge in [0.15, 0.2) is 0 Å². The topological polar surface area (TPSA) is 41.6 Å².